The van der Waals surface area contributed by atoms with Crippen LogP contribution in [0, 0.1) is 0 Å². The van der Waals surface area contributed by atoms with Gasteiger partial charge in [-0.3, -0.25) is 4.57 Å². The van der Waals surface area contributed by atoms with Gasteiger partial charge >= 0.3 is 6.01 Å². The zero-order valence-electron chi connectivity index (χ0n) is 15.0. The Labute approximate surface area is 155 Å². The molecule has 10 heteroatoms. The summed E-state index contributed by atoms with van der Waals surface area (Å²) in [6.45, 7) is 1.11. The summed E-state index contributed by atoms with van der Waals surface area (Å²) in [5.74, 6) is 0.604. The summed E-state index contributed by atoms with van der Waals surface area (Å²) in [6.07, 6.45) is 5.44. The lowest BCUT2D eigenvalue weighted by atomic mass is 10.1. The first-order valence-corrected chi connectivity index (χ1v) is 9.03. The third kappa shape index (κ3) is 3.43. The van der Waals surface area contributed by atoms with Gasteiger partial charge in [0.05, 0.1) is 6.10 Å². The van der Waals surface area contributed by atoms with E-state index in [-0.39, 0.29) is 17.9 Å². The first-order chi connectivity index (χ1) is 13.1. The summed E-state index contributed by atoms with van der Waals surface area (Å²) in [7, 11) is 0. The van der Waals surface area contributed by atoms with E-state index < -0.39 is 25.1 Å². The monoisotopic (exact) mass is 377 g/mol. The number of fused-ring (bicyclic) bond motifs is 1. The number of hydrogen-bond donors (Lipinski definition) is 3. The fourth-order valence-corrected chi connectivity index (χ4v) is 3.49. The summed E-state index contributed by atoms with van der Waals surface area (Å²) >= 11 is 0. The lowest BCUT2D eigenvalue weighted by molar-refractivity contribution is -0.0935. The van der Waals surface area contributed by atoms with Gasteiger partial charge in [0, 0.05) is 6.08 Å². The van der Waals surface area contributed by atoms with Crippen molar-refractivity contribution < 1.29 is 24.4 Å². The minimum atomic E-state index is -0.800. The molecule has 0 saturated heterocycles. The molecule has 2 unspecified atom stereocenters. The molecule has 2 aromatic heterocycles. The standard InChI is InChI=1S/C17H23N5O5/c1-9(24)14-11(25-8-23)6-12(27-14)22-7-19-13-15(18)20-17(21-16(13)22)26-10-4-2-3-5-10/h6-7,9-11,14,23-24H,2-5,8H2,1H3,(H2,18,20,21)/t9?,11-,14?/m0/s1. The number of nitrogens with zero attached hydrogens (tertiary/aromatic N) is 4. The number of nitrogen functional groups attached to an aromatic ring is 1. The molecule has 2 aromatic rings. The fourth-order valence-electron chi connectivity index (χ4n) is 3.49. The van der Waals surface area contributed by atoms with Crippen molar-refractivity contribution in [3.63, 3.8) is 0 Å². The molecule has 1 saturated carbocycles. The molecule has 27 heavy (non-hydrogen) atoms. The first kappa shape index (κ1) is 18.0. The van der Waals surface area contributed by atoms with Gasteiger partial charge in [0.25, 0.3) is 0 Å². The highest BCUT2D eigenvalue weighted by atomic mass is 16.6. The molecule has 3 atom stereocenters. The molecular formula is C17H23N5O5. The molecule has 4 rings (SSSR count). The Hall–Kier alpha value is -2.43. The first-order valence-electron chi connectivity index (χ1n) is 9.03. The SMILES string of the molecule is CC(O)C1OC(n2cnc3c(N)nc(OC4CCCC4)nc32)=C[C@@H]1OCO. The number of imidazole rings is 1. The quantitative estimate of drug-likeness (QED) is 0.619. The Morgan fingerprint density at radius 1 is 1.37 bits per heavy atom. The van der Waals surface area contributed by atoms with Crippen LogP contribution in [0.1, 0.15) is 32.6 Å². The Bertz CT molecular complexity index is 846. The van der Waals surface area contributed by atoms with Crippen molar-refractivity contribution in [3.8, 4) is 6.01 Å². The predicted molar refractivity (Wildman–Crippen MR) is 95.4 cm³/mol. The Balaban J connectivity index is 1.67. The van der Waals surface area contributed by atoms with Crippen molar-refractivity contribution in [2.24, 2.45) is 0 Å². The molecule has 0 bridgehead atoms. The van der Waals surface area contributed by atoms with Crippen LogP contribution < -0.4 is 10.5 Å². The molecule has 3 heterocycles. The molecule has 10 nitrogen and oxygen atoms in total. The van der Waals surface area contributed by atoms with Gasteiger partial charge in [-0.25, -0.2) is 4.98 Å². The predicted octanol–water partition coefficient (Wildman–Crippen LogP) is 0.643. The summed E-state index contributed by atoms with van der Waals surface area (Å²) in [5, 5.41) is 19.0. The molecular weight excluding hydrogens is 354 g/mol. The maximum atomic E-state index is 9.91. The third-order valence-corrected chi connectivity index (χ3v) is 4.84. The molecule has 0 spiro atoms. The van der Waals surface area contributed by atoms with E-state index in [1.165, 1.54) is 6.33 Å². The number of aliphatic hydroxyl groups excluding tert-OH is 2. The summed E-state index contributed by atoms with van der Waals surface area (Å²) in [5.41, 5.74) is 6.90. The number of aromatic nitrogens is 4. The minimum absolute atomic E-state index is 0.0992. The second kappa shape index (κ2) is 7.29. The van der Waals surface area contributed by atoms with Crippen molar-refractivity contribution in [3.05, 3.63) is 12.4 Å². The van der Waals surface area contributed by atoms with Crippen molar-refractivity contribution in [2.45, 2.75) is 57.0 Å². The molecule has 1 aliphatic heterocycles. The van der Waals surface area contributed by atoms with E-state index >= 15 is 0 Å². The van der Waals surface area contributed by atoms with Gasteiger partial charge in [-0.1, -0.05) is 0 Å². The highest BCUT2D eigenvalue weighted by Gasteiger charge is 2.35. The van der Waals surface area contributed by atoms with Crippen LogP contribution in [-0.4, -0.2) is 60.9 Å². The summed E-state index contributed by atoms with van der Waals surface area (Å²) in [6, 6.07) is 0.211. The van der Waals surface area contributed by atoms with Gasteiger partial charge in [-0.15, -0.1) is 0 Å². The average molecular weight is 377 g/mol. The number of nitrogens with two attached hydrogens (primary N) is 1. The second-order valence-electron chi connectivity index (χ2n) is 6.79. The Morgan fingerprint density at radius 3 is 2.85 bits per heavy atom. The molecule has 1 aliphatic carbocycles. The van der Waals surface area contributed by atoms with Crippen LogP contribution in [0.4, 0.5) is 5.82 Å². The van der Waals surface area contributed by atoms with Crippen LogP contribution in [0.5, 0.6) is 6.01 Å². The van der Waals surface area contributed by atoms with E-state index in [9.17, 15) is 5.11 Å². The average Bonchev–Trinajstić information content (AvgIpc) is 3.34. The molecule has 0 radical (unpaired) electrons. The van der Waals surface area contributed by atoms with Gasteiger partial charge in [-0.05, 0) is 32.6 Å². The van der Waals surface area contributed by atoms with Gasteiger partial charge < -0.3 is 30.2 Å². The maximum Gasteiger partial charge on any atom is 0.320 e. The van der Waals surface area contributed by atoms with Gasteiger partial charge in [0.1, 0.15) is 25.3 Å². The number of aliphatic hydroxyl groups is 2. The van der Waals surface area contributed by atoms with Gasteiger partial charge in [0.2, 0.25) is 0 Å². The van der Waals surface area contributed by atoms with Crippen molar-refractivity contribution in [1.82, 2.24) is 19.5 Å². The highest BCUT2D eigenvalue weighted by molar-refractivity contribution is 5.84. The minimum Gasteiger partial charge on any atom is -0.469 e. The zero-order chi connectivity index (χ0) is 19.0. The van der Waals surface area contributed by atoms with Gasteiger partial charge in [0.15, 0.2) is 29.0 Å². The Kier molecular flexibility index (Phi) is 4.85. The number of ether oxygens (including phenoxy) is 3. The van der Waals surface area contributed by atoms with E-state index in [4.69, 9.17) is 25.1 Å². The number of hydrogen-bond acceptors (Lipinski definition) is 9. The van der Waals surface area contributed by atoms with E-state index in [1.54, 1.807) is 17.6 Å². The van der Waals surface area contributed by atoms with E-state index in [0.29, 0.717) is 17.0 Å². The second-order valence-corrected chi connectivity index (χ2v) is 6.79. The van der Waals surface area contributed by atoms with Crippen molar-refractivity contribution >= 4 is 22.9 Å². The molecule has 4 N–H and O–H groups in total. The number of rotatable bonds is 6. The third-order valence-electron chi connectivity index (χ3n) is 4.84. The summed E-state index contributed by atoms with van der Waals surface area (Å²) < 4.78 is 18.5. The van der Waals surface area contributed by atoms with Crippen LogP contribution in [0.15, 0.2) is 12.4 Å². The summed E-state index contributed by atoms with van der Waals surface area (Å²) in [4.78, 5) is 12.9. The topological polar surface area (TPSA) is 138 Å². The van der Waals surface area contributed by atoms with Crippen LogP contribution >= 0.6 is 0 Å². The molecule has 2 aliphatic rings. The molecule has 0 aromatic carbocycles. The van der Waals surface area contributed by atoms with E-state index in [1.807, 2.05) is 0 Å². The zero-order valence-corrected chi connectivity index (χ0v) is 15.0. The Morgan fingerprint density at radius 2 is 2.15 bits per heavy atom. The van der Waals surface area contributed by atoms with Crippen LogP contribution in [0.2, 0.25) is 0 Å². The normalized spacial score (nSPS) is 24.2. The van der Waals surface area contributed by atoms with Crippen molar-refractivity contribution in [1.29, 1.82) is 0 Å². The fraction of sp³-hybridized carbons (Fsp3) is 0.588. The van der Waals surface area contributed by atoms with Crippen LogP contribution in [0.3, 0.4) is 0 Å². The van der Waals surface area contributed by atoms with Crippen molar-refractivity contribution in [2.75, 3.05) is 12.5 Å². The van der Waals surface area contributed by atoms with Crippen LogP contribution in [-0.2, 0) is 9.47 Å². The van der Waals surface area contributed by atoms with E-state index in [2.05, 4.69) is 15.0 Å². The highest BCUT2D eigenvalue weighted by Crippen LogP contribution is 2.30. The van der Waals surface area contributed by atoms with E-state index in [0.717, 1.165) is 25.7 Å². The number of anilines is 1. The molecule has 146 valence electrons. The largest absolute Gasteiger partial charge is 0.469 e. The van der Waals surface area contributed by atoms with Gasteiger partial charge in [-0.2, -0.15) is 9.97 Å². The maximum absolute atomic E-state index is 9.91. The van der Waals surface area contributed by atoms with Crippen LogP contribution in [0.25, 0.3) is 17.0 Å². The molecule has 1 fully saturated rings. The lowest BCUT2D eigenvalue weighted by Gasteiger charge is -2.21. The molecule has 0 amide bonds. The smallest absolute Gasteiger partial charge is 0.320 e. The lowest BCUT2D eigenvalue weighted by Crippen LogP contribution is -2.35.